The normalized spacial score (nSPS) is 30.5. The third-order valence-corrected chi connectivity index (χ3v) is 9.36. The fourth-order valence-corrected chi connectivity index (χ4v) is 7.37. The number of nitrogens with one attached hydrogen (secondary N) is 1. The molecule has 2 bridgehead atoms. The van der Waals surface area contributed by atoms with Crippen LogP contribution in [0.2, 0.25) is 0 Å². The van der Waals surface area contributed by atoms with Gasteiger partial charge >= 0.3 is 6.03 Å². The third kappa shape index (κ3) is 4.74. The average molecular weight is 523 g/mol. The maximum Gasteiger partial charge on any atom is 0.320 e. The number of piperazine rings is 1. The molecule has 2 aromatic rings. The zero-order chi connectivity index (χ0) is 26.4. The first kappa shape index (κ1) is 25.5. The standard InChI is InChI=1S/C29H42N6O3/c1-19-17-34(29(37)33-13-5-4-6-14-33)18-20(2)35(19)28-31-26-24(11-8-12-25(26)38-28)27(36)30-21-15-22-9-7-10-23(16-21)32(22)3/h8,11-12,19-23H,4-7,9-10,13-18H2,1-3H3,(H,30,36). The van der Waals surface area contributed by atoms with Crippen molar-refractivity contribution in [1.29, 1.82) is 0 Å². The number of likely N-dealkylation sites (tertiary alicyclic amines) is 1. The van der Waals surface area contributed by atoms with E-state index >= 15 is 0 Å². The predicted octanol–water partition coefficient (Wildman–Crippen LogP) is 4.08. The summed E-state index contributed by atoms with van der Waals surface area (Å²) in [5.41, 5.74) is 1.80. The highest BCUT2D eigenvalue weighted by Gasteiger charge is 2.38. The third-order valence-electron chi connectivity index (χ3n) is 9.36. The molecule has 4 atom stereocenters. The minimum absolute atomic E-state index is 0.0523. The molecule has 0 spiro atoms. The summed E-state index contributed by atoms with van der Waals surface area (Å²) in [5.74, 6) is -0.0684. The number of fused-ring (bicyclic) bond motifs is 3. The Bertz CT molecular complexity index is 1150. The van der Waals surface area contributed by atoms with E-state index in [1.807, 2.05) is 28.0 Å². The molecule has 4 aliphatic rings. The number of amides is 3. The van der Waals surface area contributed by atoms with Gasteiger partial charge in [0.1, 0.15) is 5.52 Å². The summed E-state index contributed by atoms with van der Waals surface area (Å²) in [4.78, 5) is 40.1. The number of benzene rings is 1. The fraction of sp³-hybridized carbons (Fsp3) is 0.690. The molecule has 5 heterocycles. The number of carbonyl (C=O) groups is 2. The lowest BCUT2D eigenvalue weighted by atomic mass is 9.82. The lowest BCUT2D eigenvalue weighted by molar-refractivity contribution is 0.0463. The molecule has 4 saturated heterocycles. The van der Waals surface area contributed by atoms with Crippen molar-refractivity contribution in [3.05, 3.63) is 23.8 Å². The molecule has 9 nitrogen and oxygen atoms in total. The summed E-state index contributed by atoms with van der Waals surface area (Å²) in [7, 11) is 2.23. The van der Waals surface area contributed by atoms with Crippen LogP contribution in [-0.4, -0.2) is 95.1 Å². The smallest absolute Gasteiger partial charge is 0.320 e. The number of nitrogens with zero attached hydrogens (tertiary/aromatic N) is 5. The van der Waals surface area contributed by atoms with Crippen molar-refractivity contribution >= 4 is 29.1 Å². The number of carbonyl (C=O) groups excluding carboxylic acids is 2. The van der Waals surface area contributed by atoms with E-state index in [9.17, 15) is 9.59 Å². The predicted molar refractivity (Wildman–Crippen MR) is 147 cm³/mol. The molecular weight excluding hydrogens is 480 g/mol. The minimum atomic E-state index is -0.0684. The SMILES string of the molecule is CC1CN(C(=O)N2CCCCC2)CC(C)N1c1nc2c(C(=O)NC3CC4CCCC(C3)N4C)cccc2o1. The number of hydrogen-bond donors (Lipinski definition) is 1. The molecule has 6 rings (SSSR count). The van der Waals surface area contributed by atoms with Crippen LogP contribution in [0.15, 0.2) is 22.6 Å². The van der Waals surface area contributed by atoms with Gasteiger partial charge in [0, 0.05) is 56.4 Å². The van der Waals surface area contributed by atoms with Gasteiger partial charge in [-0.15, -0.1) is 0 Å². The van der Waals surface area contributed by atoms with E-state index < -0.39 is 0 Å². The van der Waals surface area contributed by atoms with E-state index in [2.05, 4.69) is 36.0 Å². The number of anilines is 1. The van der Waals surface area contributed by atoms with Gasteiger partial charge < -0.3 is 29.3 Å². The highest BCUT2D eigenvalue weighted by molar-refractivity contribution is 6.04. The zero-order valence-corrected chi connectivity index (χ0v) is 23.1. The lowest BCUT2D eigenvalue weighted by Crippen LogP contribution is -2.60. The van der Waals surface area contributed by atoms with Crippen LogP contribution in [0.3, 0.4) is 0 Å². The Kier molecular flexibility index (Phi) is 6.97. The number of para-hydroxylation sites is 1. The van der Waals surface area contributed by atoms with Crippen molar-refractivity contribution in [2.75, 3.05) is 38.1 Å². The Balaban J connectivity index is 1.17. The van der Waals surface area contributed by atoms with Crippen LogP contribution in [0.25, 0.3) is 11.1 Å². The van der Waals surface area contributed by atoms with E-state index in [0.717, 1.165) is 38.8 Å². The van der Waals surface area contributed by atoms with E-state index in [0.29, 0.717) is 47.9 Å². The lowest BCUT2D eigenvalue weighted by Gasteiger charge is -2.47. The summed E-state index contributed by atoms with van der Waals surface area (Å²) < 4.78 is 6.23. The van der Waals surface area contributed by atoms with E-state index in [-0.39, 0.29) is 30.1 Å². The van der Waals surface area contributed by atoms with Gasteiger partial charge in [0.05, 0.1) is 5.56 Å². The van der Waals surface area contributed by atoms with Crippen molar-refractivity contribution in [2.45, 2.75) is 95.4 Å². The number of piperidine rings is 3. The van der Waals surface area contributed by atoms with Crippen LogP contribution in [-0.2, 0) is 0 Å². The second-order valence-corrected chi connectivity index (χ2v) is 12.0. The first-order chi connectivity index (χ1) is 18.4. The monoisotopic (exact) mass is 522 g/mol. The van der Waals surface area contributed by atoms with Crippen LogP contribution in [0.1, 0.15) is 75.6 Å². The Labute approximate surface area is 225 Å². The second-order valence-electron chi connectivity index (χ2n) is 12.0. The highest BCUT2D eigenvalue weighted by Crippen LogP contribution is 2.34. The summed E-state index contributed by atoms with van der Waals surface area (Å²) in [6.07, 6.45) is 9.13. The van der Waals surface area contributed by atoms with Crippen molar-refractivity contribution in [1.82, 2.24) is 25.0 Å². The Morgan fingerprint density at radius 3 is 2.32 bits per heavy atom. The zero-order valence-electron chi connectivity index (χ0n) is 23.1. The van der Waals surface area contributed by atoms with Gasteiger partial charge in [-0.3, -0.25) is 4.79 Å². The first-order valence-electron chi connectivity index (χ1n) is 14.6. The second kappa shape index (κ2) is 10.4. The summed E-state index contributed by atoms with van der Waals surface area (Å²) in [6.45, 7) is 7.21. The van der Waals surface area contributed by atoms with Crippen molar-refractivity contribution < 1.29 is 14.0 Å². The van der Waals surface area contributed by atoms with Crippen LogP contribution < -0.4 is 10.2 Å². The Morgan fingerprint density at radius 1 is 0.947 bits per heavy atom. The molecule has 38 heavy (non-hydrogen) atoms. The van der Waals surface area contributed by atoms with E-state index in [4.69, 9.17) is 9.40 Å². The first-order valence-corrected chi connectivity index (χ1v) is 14.6. The molecule has 0 radical (unpaired) electrons. The number of rotatable bonds is 3. The molecule has 4 unspecified atom stereocenters. The molecule has 0 saturated carbocycles. The van der Waals surface area contributed by atoms with Gasteiger partial charge in [-0.25, -0.2) is 4.79 Å². The quantitative estimate of drug-likeness (QED) is 0.654. The van der Waals surface area contributed by atoms with Crippen molar-refractivity contribution in [3.8, 4) is 0 Å². The Morgan fingerprint density at radius 2 is 1.63 bits per heavy atom. The van der Waals surface area contributed by atoms with Crippen molar-refractivity contribution in [3.63, 3.8) is 0 Å². The summed E-state index contributed by atoms with van der Waals surface area (Å²) in [6, 6.07) is 7.70. The maximum atomic E-state index is 13.4. The number of urea groups is 1. The maximum absolute atomic E-state index is 13.4. The van der Waals surface area contributed by atoms with Gasteiger partial charge in [-0.05, 0) is 78.0 Å². The molecule has 4 fully saturated rings. The molecule has 0 aliphatic carbocycles. The average Bonchev–Trinajstić information content (AvgIpc) is 3.32. The molecule has 1 aromatic carbocycles. The number of hydrogen-bond acceptors (Lipinski definition) is 6. The molecule has 206 valence electrons. The fourth-order valence-electron chi connectivity index (χ4n) is 7.37. The molecule has 9 heteroatoms. The van der Waals surface area contributed by atoms with Crippen molar-refractivity contribution in [2.24, 2.45) is 0 Å². The molecular formula is C29H42N6O3. The molecule has 1 aromatic heterocycles. The van der Waals surface area contributed by atoms with Crippen LogP contribution in [0, 0.1) is 0 Å². The highest BCUT2D eigenvalue weighted by atomic mass is 16.4. The van der Waals surface area contributed by atoms with E-state index in [1.54, 1.807) is 0 Å². The van der Waals surface area contributed by atoms with Gasteiger partial charge in [0.25, 0.3) is 11.9 Å². The summed E-state index contributed by atoms with van der Waals surface area (Å²) in [5, 5.41) is 3.32. The Hall–Kier alpha value is -2.81. The van der Waals surface area contributed by atoms with E-state index in [1.165, 1.54) is 25.7 Å². The van der Waals surface area contributed by atoms with Crippen LogP contribution in [0.5, 0.6) is 0 Å². The topological polar surface area (TPSA) is 85.2 Å². The molecule has 3 amide bonds. The number of aromatic nitrogens is 1. The van der Waals surface area contributed by atoms with Gasteiger partial charge in [-0.2, -0.15) is 4.98 Å². The minimum Gasteiger partial charge on any atom is -0.423 e. The van der Waals surface area contributed by atoms with Gasteiger partial charge in [0.2, 0.25) is 0 Å². The molecule has 4 aliphatic heterocycles. The van der Waals surface area contributed by atoms with Gasteiger partial charge in [0.15, 0.2) is 5.58 Å². The number of oxazole rings is 1. The largest absolute Gasteiger partial charge is 0.423 e. The van der Waals surface area contributed by atoms with Gasteiger partial charge in [-0.1, -0.05) is 12.5 Å². The van der Waals surface area contributed by atoms with Crippen LogP contribution in [0.4, 0.5) is 10.8 Å². The van der Waals surface area contributed by atoms with Crippen LogP contribution >= 0.6 is 0 Å². The molecule has 1 N–H and O–H groups in total. The summed E-state index contributed by atoms with van der Waals surface area (Å²) >= 11 is 0.